The lowest BCUT2D eigenvalue weighted by molar-refractivity contribution is 0.0489. The van der Waals surface area contributed by atoms with Gasteiger partial charge in [0.1, 0.15) is 0 Å². The summed E-state index contributed by atoms with van der Waals surface area (Å²) in [4.78, 5) is 0. The minimum absolute atomic E-state index is 0.538. The molecule has 0 amide bonds. The van der Waals surface area contributed by atoms with Gasteiger partial charge in [-0.3, -0.25) is 0 Å². The van der Waals surface area contributed by atoms with Crippen LogP contribution in [0.2, 0.25) is 0 Å². The summed E-state index contributed by atoms with van der Waals surface area (Å²) in [6, 6.07) is 0.613. The molecule has 0 aromatic carbocycles. The first-order valence-electron chi connectivity index (χ1n) is 6.38. The van der Waals surface area contributed by atoms with Gasteiger partial charge in [-0.1, -0.05) is 20.8 Å². The summed E-state index contributed by atoms with van der Waals surface area (Å²) >= 11 is 0. The fourth-order valence-electron chi connectivity index (χ4n) is 2.60. The summed E-state index contributed by atoms with van der Waals surface area (Å²) in [5.74, 6) is 1.66. The second kappa shape index (κ2) is 5.31. The average molecular weight is 213 g/mol. The Hall–Kier alpha value is -0.0800. The predicted octanol–water partition coefficient (Wildman–Crippen LogP) is 2.56. The highest BCUT2D eigenvalue weighted by molar-refractivity contribution is 4.82. The summed E-state index contributed by atoms with van der Waals surface area (Å²) < 4.78 is 0. The summed E-state index contributed by atoms with van der Waals surface area (Å²) in [6.45, 7) is 9.35. The van der Waals surface area contributed by atoms with Crippen LogP contribution >= 0.6 is 0 Å². The quantitative estimate of drug-likeness (QED) is 0.752. The number of rotatable bonds is 4. The van der Waals surface area contributed by atoms with Crippen LogP contribution in [0.25, 0.3) is 0 Å². The van der Waals surface area contributed by atoms with Crippen molar-refractivity contribution in [1.82, 2.24) is 5.32 Å². The van der Waals surface area contributed by atoms with Crippen molar-refractivity contribution in [3.05, 3.63) is 0 Å². The van der Waals surface area contributed by atoms with Gasteiger partial charge < -0.3 is 10.4 Å². The average Bonchev–Trinajstić information content (AvgIpc) is 2.14. The van der Waals surface area contributed by atoms with E-state index in [0.29, 0.717) is 6.04 Å². The number of hydrogen-bond acceptors (Lipinski definition) is 2. The van der Waals surface area contributed by atoms with E-state index in [4.69, 9.17) is 0 Å². The number of hydrogen-bond donors (Lipinski definition) is 2. The van der Waals surface area contributed by atoms with Gasteiger partial charge in [-0.2, -0.15) is 0 Å². The molecule has 1 aliphatic rings. The second-order valence-electron chi connectivity index (χ2n) is 5.85. The van der Waals surface area contributed by atoms with E-state index in [0.717, 1.165) is 24.8 Å². The van der Waals surface area contributed by atoms with Crippen LogP contribution < -0.4 is 5.32 Å². The lowest BCUT2D eigenvalue weighted by Crippen LogP contribution is -2.44. The molecule has 2 N–H and O–H groups in total. The first-order chi connectivity index (χ1) is 6.93. The van der Waals surface area contributed by atoms with E-state index in [1.807, 2.05) is 13.8 Å². The van der Waals surface area contributed by atoms with Gasteiger partial charge in [-0.15, -0.1) is 0 Å². The van der Waals surface area contributed by atoms with E-state index in [1.54, 1.807) is 0 Å². The van der Waals surface area contributed by atoms with Crippen LogP contribution in [-0.2, 0) is 0 Å². The highest BCUT2D eigenvalue weighted by atomic mass is 16.3. The molecule has 3 unspecified atom stereocenters. The molecule has 0 saturated heterocycles. The van der Waals surface area contributed by atoms with Crippen LogP contribution in [0.3, 0.4) is 0 Å². The van der Waals surface area contributed by atoms with Crippen molar-refractivity contribution in [2.75, 3.05) is 6.54 Å². The van der Waals surface area contributed by atoms with Gasteiger partial charge in [-0.05, 0) is 44.4 Å². The fourth-order valence-corrected chi connectivity index (χ4v) is 2.60. The topological polar surface area (TPSA) is 32.3 Å². The monoisotopic (exact) mass is 213 g/mol. The molecule has 1 rings (SSSR count). The minimum atomic E-state index is -0.538. The summed E-state index contributed by atoms with van der Waals surface area (Å²) in [7, 11) is 0. The molecule has 0 aromatic rings. The van der Waals surface area contributed by atoms with Gasteiger partial charge in [-0.25, -0.2) is 0 Å². The Morgan fingerprint density at radius 2 is 1.73 bits per heavy atom. The molecule has 15 heavy (non-hydrogen) atoms. The second-order valence-corrected chi connectivity index (χ2v) is 5.85. The molecule has 0 aliphatic heterocycles. The smallest absolute Gasteiger partial charge is 0.0741 e. The Morgan fingerprint density at radius 1 is 1.20 bits per heavy atom. The van der Waals surface area contributed by atoms with Crippen molar-refractivity contribution < 1.29 is 5.11 Å². The molecule has 1 fully saturated rings. The third kappa shape index (κ3) is 4.52. The lowest BCUT2D eigenvalue weighted by atomic mass is 9.80. The Morgan fingerprint density at radius 3 is 2.20 bits per heavy atom. The Kier molecular flexibility index (Phi) is 4.60. The molecule has 90 valence electrons. The molecule has 0 bridgehead atoms. The maximum atomic E-state index is 9.92. The van der Waals surface area contributed by atoms with Crippen LogP contribution in [-0.4, -0.2) is 23.3 Å². The molecule has 0 aromatic heterocycles. The maximum Gasteiger partial charge on any atom is 0.0741 e. The molecular formula is C13H27NO. The minimum Gasteiger partial charge on any atom is -0.389 e. The highest BCUT2D eigenvalue weighted by Gasteiger charge is 2.25. The molecule has 2 nitrogen and oxygen atoms in total. The molecule has 3 atom stereocenters. The molecule has 0 heterocycles. The maximum absolute atomic E-state index is 9.92. The van der Waals surface area contributed by atoms with E-state index >= 15 is 0 Å². The third-order valence-electron chi connectivity index (χ3n) is 3.71. The SMILES string of the molecule is CCC(C)(O)CNC1CC(C)CC(C)C1. The Balaban J connectivity index is 2.32. The fraction of sp³-hybridized carbons (Fsp3) is 1.00. The first kappa shape index (κ1) is 13.0. The van der Waals surface area contributed by atoms with Gasteiger partial charge in [0.2, 0.25) is 0 Å². The zero-order chi connectivity index (χ0) is 11.5. The van der Waals surface area contributed by atoms with Crippen molar-refractivity contribution in [3.63, 3.8) is 0 Å². The first-order valence-corrected chi connectivity index (χ1v) is 6.38. The van der Waals surface area contributed by atoms with Gasteiger partial charge in [0.25, 0.3) is 0 Å². The lowest BCUT2D eigenvalue weighted by Gasteiger charge is -2.34. The van der Waals surface area contributed by atoms with Crippen LogP contribution in [0.1, 0.15) is 53.4 Å². The zero-order valence-electron chi connectivity index (χ0n) is 10.7. The molecule has 2 heteroatoms. The standard InChI is InChI=1S/C13H27NO/c1-5-13(4,15)9-14-12-7-10(2)6-11(3)8-12/h10-12,14-15H,5-9H2,1-4H3. The van der Waals surface area contributed by atoms with Crippen molar-refractivity contribution >= 4 is 0 Å². The van der Waals surface area contributed by atoms with Crippen molar-refractivity contribution in [1.29, 1.82) is 0 Å². The summed E-state index contributed by atoms with van der Waals surface area (Å²) in [6.07, 6.45) is 4.72. The Labute approximate surface area is 94.5 Å². The highest BCUT2D eigenvalue weighted by Crippen LogP contribution is 2.28. The van der Waals surface area contributed by atoms with Crippen molar-refractivity contribution in [2.45, 2.75) is 65.0 Å². The largest absolute Gasteiger partial charge is 0.389 e. The molecule has 1 aliphatic carbocycles. The van der Waals surface area contributed by atoms with E-state index in [2.05, 4.69) is 19.2 Å². The normalized spacial score (nSPS) is 36.2. The molecule has 0 radical (unpaired) electrons. The zero-order valence-corrected chi connectivity index (χ0v) is 10.7. The van der Waals surface area contributed by atoms with Gasteiger partial charge in [0, 0.05) is 12.6 Å². The third-order valence-corrected chi connectivity index (χ3v) is 3.71. The van der Waals surface area contributed by atoms with Gasteiger partial charge in [0.15, 0.2) is 0 Å². The van der Waals surface area contributed by atoms with Crippen LogP contribution in [0.5, 0.6) is 0 Å². The molecule has 0 spiro atoms. The summed E-state index contributed by atoms with van der Waals surface area (Å²) in [5, 5.41) is 13.4. The van der Waals surface area contributed by atoms with Crippen LogP contribution in [0.15, 0.2) is 0 Å². The molecular weight excluding hydrogens is 186 g/mol. The van der Waals surface area contributed by atoms with E-state index < -0.39 is 5.60 Å². The van der Waals surface area contributed by atoms with Gasteiger partial charge in [0.05, 0.1) is 5.60 Å². The van der Waals surface area contributed by atoms with Crippen molar-refractivity contribution in [2.24, 2.45) is 11.8 Å². The van der Waals surface area contributed by atoms with E-state index in [-0.39, 0.29) is 0 Å². The van der Waals surface area contributed by atoms with Gasteiger partial charge >= 0.3 is 0 Å². The van der Waals surface area contributed by atoms with E-state index in [1.165, 1.54) is 19.3 Å². The number of aliphatic hydroxyl groups is 1. The predicted molar refractivity (Wildman–Crippen MR) is 64.9 cm³/mol. The molecule has 1 saturated carbocycles. The number of nitrogens with one attached hydrogen (secondary N) is 1. The van der Waals surface area contributed by atoms with Crippen molar-refractivity contribution in [3.8, 4) is 0 Å². The summed E-state index contributed by atoms with van der Waals surface area (Å²) in [5.41, 5.74) is -0.538. The van der Waals surface area contributed by atoms with Crippen LogP contribution in [0.4, 0.5) is 0 Å². The Bertz CT molecular complexity index is 181. The van der Waals surface area contributed by atoms with E-state index in [9.17, 15) is 5.11 Å². The van der Waals surface area contributed by atoms with Crippen LogP contribution in [0, 0.1) is 11.8 Å².